The van der Waals surface area contributed by atoms with Crippen LogP contribution in [0.15, 0.2) is 11.1 Å². The number of nitrogens with zero attached hydrogens (tertiary/aromatic N) is 3. The average Bonchev–Trinajstić information content (AvgIpc) is 2.80. The van der Waals surface area contributed by atoms with Gasteiger partial charge in [-0.25, -0.2) is 14.2 Å². The minimum Gasteiger partial charge on any atom is -0.396 e. The Bertz CT molecular complexity index is 722. The van der Waals surface area contributed by atoms with Gasteiger partial charge in [0.25, 0.3) is 0 Å². The summed E-state index contributed by atoms with van der Waals surface area (Å²) in [6.45, 7) is -1.04. The Morgan fingerprint density at radius 1 is 1.50 bits per heavy atom. The van der Waals surface area contributed by atoms with Gasteiger partial charge in [-0.3, -0.25) is 4.98 Å². The predicted molar refractivity (Wildman–Crippen MR) is 67.6 cm³/mol. The lowest BCUT2D eigenvalue weighted by Crippen LogP contribution is -2.27. The number of aromatic nitrogens is 4. The molecule has 1 aliphatic carbocycles. The molecule has 0 radical (unpaired) electrons. The van der Waals surface area contributed by atoms with Crippen molar-refractivity contribution in [3.8, 4) is 0 Å². The van der Waals surface area contributed by atoms with E-state index >= 15 is 0 Å². The number of rotatable bonds is 4. The van der Waals surface area contributed by atoms with Gasteiger partial charge in [0.15, 0.2) is 5.65 Å². The number of anilines is 1. The van der Waals surface area contributed by atoms with Gasteiger partial charge in [0, 0.05) is 0 Å². The van der Waals surface area contributed by atoms with E-state index in [0.717, 1.165) is 0 Å². The van der Waals surface area contributed by atoms with Crippen LogP contribution in [0.25, 0.3) is 11.2 Å². The molecular formula is C11H14FN5O3. The topological polar surface area (TPSA) is 130 Å². The highest BCUT2D eigenvalue weighted by atomic mass is 19.1. The van der Waals surface area contributed by atoms with Gasteiger partial charge < -0.3 is 20.5 Å². The molecule has 0 spiro atoms. The number of aliphatic hydroxyl groups is 2. The molecule has 1 atom stereocenters. The highest BCUT2D eigenvalue weighted by molar-refractivity contribution is 5.81. The van der Waals surface area contributed by atoms with Gasteiger partial charge in [0.05, 0.1) is 31.5 Å². The van der Waals surface area contributed by atoms with Crippen LogP contribution >= 0.6 is 0 Å². The van der Waals surface area contributed by atoms with Gasteiger partial charge in [0.1, 0.15) is 17.0 Å². The maximum Gasteiger partial charge on any atom is 0.348 e. The monoisotopic (exact) mass is 283 g/mol. The second-order valence-electron chi connectivity index (χ2n) is 5.24. The number of hydrogen-bond donors (Lipinski definition) is 4. The molecule has 3 rings (SSSR count). The summed E-state index contributed by atoms with van der Waals surface area (Å²) in [5.41, 5.74) is 2.54. The molecule has 20 heavy (non-hydrogen) atoms. The van der Waals surface area contributed by atoms with Crippen molar-refractivity contribution in [3.63, 3.8) is 0 Å². The molecule has 0 aliphatic heterocycles. The molecule has 5 N–H and O–H groups in total. The van der Waals surface area contributed by atoms with Gasteiger partial charge in [0.2, 0.25) is 0 Å². The molecule has 0 unspecified atom stereocenters. The summed E-state index contributed by atoms with van der Waals surface area (Å²) in [7, 11) is 0. The first-order chi connectivity index (χ1) is 9.44. The van der Waals surface area contributed by atoms with Crippen LogP contribution in [-0.2, 0) is 6.54 Å². The van der Waals surface area contributed by atoms with E-state index < -0.39 is 30.0 Å². The first kappa shape index (κ1) is 13.0. The van der Waals surface area contributed by atoms with Gasteiger partial charge in [-0.05, 0) is 6.42 Å². The number of halogens is 1. The second kappa shape index (κ2) is 4.00. The average molecular weight is 283 g/mol. The van der Waals surface area contributed by atoms with Crippen LogP contribution in [-0.4, -0.2) is 48.6 Å². The predicted octanol–water partition coefficient (Wildman–Crippen LogP) is -1.22. The smallest absolute Gasteiger partial charge is 0.348 e. The molecule has 2 aromatic rings. The minimum absolute atomic E-state index is 0.0470. The maximum absolute atomic E-state index is 14.6. The van der Waals surface area contributed by atoms with Crippen LogP contribution in [0, 0.1) is 5.41 Å². The third-order valence-electron chi connectivity index (χ3n) is 3.98. The highest BCUT2D eigenvalue weighted by Crippen LogP contribution is 2.59. The number of H-pyrrole nitrogens is 1. The van der Waals surface area contributed by atoms with Crippen molar-refractivity contribution in [1.29, 1.82) is 0 Å². The van der Waals surface area contributed by atoms with Gasteiger partial charge in [-0.2, -0.15) is 4.98 Å². The Kier molecular flexibility index (Phi) is 2.60. The number of aliphatic hydroxyl groups excluding tert-OH is 2. The van der Waals surface area contributed by atoms with Crippen LogP contribution in [0.4, 0.5) is 10.2 Å². The molecule has 8 nitrogen and oxygen atoms in total. The van der Waals surface area contributed by atoms with Gasteiger partial charge >= 0.3 is 5.69 Å². The van der Waals surface area contributed by atoms with E-state index in [1.54, 1.807) is 0 Å². The summed E-state index contributed by atoms with van der Waals surface area (Å²) >= 11 is 0. The summed E-state index contributed by atoms with van der Waals surface area (Å²) in [5, 5.41) is 18.4. The first-order valence-electron chi connectivity index (χ1n) is 6.06. The molecule has 108 valence electrons. The zero-order valence-electron chi connectivity index (χ0n) is 10.5. The standard InChI is InChI=1S/C11H14FN5O3/c12-11(1-10(11,3-18)4-19)2-17-5-14-6-7(13)15-9(20)16-8(6)17/h5,18-19H,1-4H2,(H3,13,15,16,20)/t11-/m1/s1. The molecule has 0 saturated heterocycles. The summed E-state index contributed by atoms with van der Waals surface area (Å²) in [6.07, 6.45) is 1.38. The van der Waals surface area contributed by atoms with Gasteiger partial charge in [-0.1, -0.05) is 0 Å². The third kappa shape index (κ3) is 1.63. The summed E-state index contributed by atoms with van der Waals surface area (Å²) in [4.78, 5) is 21.3. The largest absolute Gasteiger partial charge is 0.396 e. The Labute approximate surface area is 112 Å². The number of alkyl halides is 1. The lowest BCUT2D eigenvalue weighted by atomic mass is 10.1. The number of hydrogen-bond acceptors (Lipinski definition) is 6. The van der Waals surface area contributed by atoms with Crippen LogP contribution in [0.2, 0.25) is 0 Å². The fourth-order valence-electron chi connectivity index (χ4n) is 2.53. The van der Waals surface area contributed by atoms with Crippen molar-refractivity contribution in [1.82, 2.24) is 19.5 Å². The SMILES string of the molecule is Nc1[nH]c(=O)nc2c1ncn2C[C@]1(F)CC1(CO)CO. The highest BCUT2D eigenvalue weighted by Gasteiger charge is 2.68. The number of aromatic amines is 1. The summed E-state index contributed by atoms with van der Waals surface area (Å²) in [6, 6.07) is 0. The number of fused-ring (bicyclic) bond motifs is 1. The zero-order valence-corrected chi connectivity index (χ0v) is 10.5. The van der Waals surface area contributed by atoms with Gasteiger partial charge in [-0.15, -0.1) is 0 Å². The lowest BCUT2D eigenvalue weighted by Gasteiger charge is -2.15. The van der Waals surface area contributed by atoms with E-state index in [1.807, 2.05) is 0 Å². The normalized spacial score (nSPS) is 24.1. The van der Waals surface area contributed by atoms with Crippen molar-refractivity contribution in [3.05, 3.63) is 16.8 Å². The fraction of sp³-hybridized carbons (Fsp3) is 0.545. The molecular weight excluding hydrogens is 269 g/mol. The Morgan fingerprint density at radius 3 is 2.80 bits per heavy atom. The van der Waals surface area contributed by atoms with E-state index in [4.69, 9.17) is 5.73 Å². The van der Waals surface area contributed by atoms with E-state index in [0.29, 0.717) is 0 Å². The fourth-order valence-corrected chi connectivity index (χ4v) is 2.53. The van der Waals surface area contributed by atoms with Crippen molar-refractivity contribution < 1.29 is 14.6 Å². The van der Waals surface area contributed by atoms with Crippen LogP contribution in [0.5, 0.6) is 0 Å². The first-order valence-corrected chi connectivity index (χ1v) is 6.06. The van der Waals surface area contributed by atoms with E-state index in [1.165, 1.54) is 10.9 Å². The summed E-state index contributed by atoms with van der Waals surface area (Å²) < 4.78 is 16.0. The third-order valence-corrected chi connectivity index (χ3v) is 3.98. The maximum atomic E-state index is 14.6. The van der Waals surface area contributed by atoms with Crippen LogP contribution in [0.1, 0.15) is 6.42 Å². The van der Waals surface area contributed by atoms with E-state index in [-0.39, 0.29) is 29.9 Å². The van der Waals surface area contributed by atoms with Crippen molar-refractivity contribution in [2.45, 2.75) is 18.6 Å². The van der Waals surface area contributed by atoms with Crippen molar-refractivity contribution in [2.24, 2.45) is 5.41 Å². The molecule has 1 saturated carbocycles. The number of nitrogens with two attached hydrogens (primary N) is 1. The lowest BCUT2D eigenvalue weighted by molar-refractivity contribution is 0.0732. The molecule has 2 aromatic heterocycles. The number of nitrogen functional groups attached to an aromatic ring is 1. The van der Waals surface area contributed by atoms with E-state index in [9.17, 15) is 19.4 Å². The molecule has 0 bridgehead atoms. The Hall–Kier alpha value is -2.00. The summed E-state index contributed by atoms with van der Waals surface area (Å²) in [5.74, 6) is 0.0676. The Morgan fingerprint density at radius 2 is 2.20 bits per heavy atom. The molecule has 0 aromatic carbocycles. The van der Waals surface area contributed by atoms with Crippen LogP contribution < -0.4 is 11.4 Å². The minimum atomic E-state index is -1.75. The van der Waals surface area contributed by atoms with Crippen molar-refractivity contribution >= 4 is 17.0 Å². The quantitative estimate of drug-likeness (QED) is 0.556. The number of nitrogens with one attached hydrogen (secondary N) is 1. The zero-order chi connectivity index (χ0) is 14.5. The van der Waals surface area contributed by atoms with Crippen molar-refractivity contribution in [2.75, 3.05) is 18.9 Å². The second-order valence-corrected chi connectivity index (χ2v) is 5.24. The molecule has 9 heteroatoms. The van der Waals surface area contributed by atoms with E-state index in [2.05, 4.69) is 15.0 Å². The molecule has 2 heterocycles. The molecule has 1 aliphatic rings. The number of imidazole rings is 1. The Balaban J connectivity index is 1.99. The van der Waals surface area contributed by atoms with Crippen LogP contribution in [0.3, 0.4) is 0 Å². The molecule has 0 amide bonds. The molecule has 1 fully saturated rings.